The van der Waals surface area contributed by atoms with Gasteiger partial charge in [-0.2, -0.15) is 0 Å². The first kappa shape index (κ1) is 13.6. The lowest BCUT2D eigenvalue weighted by molar-refractivity contribution is 0.414. The Morgan fingerprint density at radius 3 is 2.21 bits per heavy atom. The van der Waals surface area contributed by atoms with Crippen LogP contribution in [0.3, 0.4) is 0 Å². The molecule has 0 amide bonds. The lowest BCUT2D eigenvalue weighted by Gasteiger charge is -2.09. The summed E-state index contributed by atoms with van der Waals surface area (Å²) in [5, 5.41) is 0. The number of methoxy groups -OCH3 is 1. The Morgan fingerprint density at radius 1 is 1.00 bits per heavy atom. The van der Waals surface area contributed by atoms with Crippen LogP contribution in [0.5, 0.6) is 5.75 Å². The zero-order valence-corrected chi connectivity index (χ0v) is 11.8. The first-order valence-electron chi connectivity index (χ1n) is 6.06. The van der Waals surface area contributed by atoms with Gasteiger partial charge in [-0.3, -0.25) is 0 Å². The molecule has 100 valence electrons. The summed E-state index contributed by atoms with van der Waals surface area (Å²) in [6.07, 6.45) is 0.686. The molecule has 0 aromatic heterocycles. The van der Waals surface area contributed by atoms with E-state index in [0.717, 1.165) is 5.56 Å². The molecule has 0 aliphatic rings. The van der Waals surface area contributed by atoms with Gasteiger partial charge in [0, 0.05) is 0 Å². The van der Waals surface area contributed by atoms with Crippen LogP contribution in [-0.2, 0) is 16.3 Å². The third-order valence-electron chi connectivity index (χ3n) is 3.01. The van der Waals surface area contributed by atoms with Crippen molar-refractivity contribution in [3.8, 4) is 5.75 Å². The van der Waals surface area contributed by atoms with Gasteiger partial charge in [-0.05, 0) is 42.3 Å². The Hall–Kier alpha value is -1.81. The van der Waals surface area contributed by atoms with E-state index in [1.807, 2.05) is 19.1 Å². The highest BCUT2D eigenvalue weighted by Gasteiger charge is 2.20. The van der Waals surface area contributed by atoms with Crippen molar-refractivity contribution < 1.29 is 13.2 Å². The number of hydrogen-bond donors (Lipinski definition) is 0. The van der Waals surface area contributed by atoms with E-state index in [0.29, 0.717) is 17.1 Å². The van der Waals surface area contributed by atoms with Gasteiger partial charge in [0.15, 0.2) is 0 Å². The third-order valence-corrected chi connectivity index (χ3v) is 4.88. The largest absolute Gasteiger partial charge is 0.497 e. The smallest absolute Gasteiger partial charge is 0.206 e. The summed E-state index contributed by atoms with van der Waals surface area (Å²) in [6.45, 7) is 1.95. The standard InChI is InChI=1S/C15H16O3S/c1-3-12-6-4-5-7-15(12)19(16,17)14-10-8-13(18-2)9-11-14/h4-11H,3H2,1-2H3. The second-order valence-electron chi connectivity index (χ2n) is 4.14. The van der Waals surface area contributed by atoms with Gasteiger partial charge in [0.2, 0.25) is 9.84 Å². The molecule has 0 N–H and O–H groups in total. The molecule has 0 spiro atoms. The lowest BCUT2D eigenvalue weighted by Crippen LogP contribution is -2.05. The second kappa shape index (κ2) is 5.45. The van der Waals surface area contributed by atoms with Gasteiger partial charge < -0.3 is 4.74 Å². The molecule has 0 fully saturated rings. The van der Waals surface area contributed by atoms with Crippen molar-refractivity contribution in [3.05, 3.63) is 54.1 Å². The Morgan fingerprint density at radius 2 is 1.63 bits per heavy atom. The van der Waals surface area contributed by atoms with E-state index in [1.165, 1.54) is 0 Å². The number of ether oxygens (including phenoxy) is 1. The zero-order chi connectivity index (χ0) is 13.9. The van der Waals surface area contributed by atoms with Crippen LogP contribution in [0.2, 0.25) is 0 Å². The summed E-state index contributed by atoms with van der Waals surface area (Å²) < 4.78 is 30.2. The minimum atomic E-state index is -3.46. The monoisotopic (exact) mass is 276 g/mol. The topological polar surface area (TPSA) is 43.4 Å². The molecule has 0 saturated heterocycles. The highest BCUT2D eigenvalue weighted by Crippen LogP contribution is 2.25. The highest BCUT2D eigenvalue weighted by atomic mass is 32.2. The van der Waals surface area contributed by atoms with Crippen molar-refractivity contribution in [1.82, 2.24) is 0 Å². The summed E-state index contributed by atoms with van der Waals surface area (Å²) in [7, 11) is -1.91. The van der Waals surface area contributed by atoms with Crippen molar-refractivity contribution in [1.29, 1.82) is 0 Å². The van der Waals surface area contributed by atoms with E-state index in [4.69, 9.17) is 4.74 Å². The van der Waals surface area contributed by atoms with Crippen LogP contribution >= 0.6 is 0 Å². The predicted octanol–water partition coefficient (Wildman–Crippen LogP) is 3.09. The van der Waals surface area contributed by atoms with E-state index in [9.17, 15) is 8.42 Å². The molecule has 0 aliphatic carbocycles. The molecule has 0 unspecified atom stereocenters. The predicted molar refractivity (Wildman–Crippen MR) is 74.3 cm³/mol. The maximum absolute atomic E-state index is 12.6. The molecule has 0 aliphatic heterocycles. The van der Waals surface area contributed by atoms with Crippen molar-refractivity contribution in [2.45, 2.75) is 23.1 Å². The Labute approximate surface area is 113 Å². The Balaban J connectivity index is 2.52. The summed E-state index contributed by atoms with van der Waals surface area (Å²) >= 11 is 0. The number of hydrogen-bond acceptors (Lipinski definition) is 3. The van der Waals surface area contributed by atoms with Crippen LogP contribution in [0, 0.1) is 0 Å². The maximum Gasteiger partial charge on any atom is 0.206 e. The molecule has 19 heavy (non-hydrogen) atoms. The molecule has 2 aromatic carbocycles. The normalized spacial score (nSPS) is 11.3. The molecule has 2 rings (SSSR count). The molecule has 4 heteroatoms. The molecular formula is C15H16O3S. The fourth-order valence-corrected chi connectivity index (χ4v) is 3.50. The van der Waals surface area contributed by atoms with Crippen LogP contribution in [-0.4, -0.2) is 15.5 Å². The molecule has 0 heterocycles. The van der Waals surface area contributed by atoms with Gasteiger partial charge in [-0.15, -0.1) is 0 Å². The zero-order valence-electron chi connectivity index (χ0n) is 11.0. The molecule has 2 aromatic rings. The van der Waals surface area contributed by atoms with Crippen LogP contribution in [0.1, 0.15) is 12.5 Å². The third kappa shape index (κ3) is 2.63. The second-order valence-corrected chi connectivity index (χ2v) is 6.06. The molecule has 0 bridgehead atoms. The summed E-state index contributed by atoms with van der Waals surface area (Å²) in [5.41, 5.74) is 0.832. The average molecular weight is 276 g/mol. The Bertz CT molecular complexity index is 658. The van der Waals surface area contributed by atoms with Crippen molar-refractivity contribution >= 4 is 9.84 Å². The van der Waals surface area contributed by atoms with Gasteiger partial charge in [0.25, 0.3) is 0 Å². The average Bonchev–Trinajstić information content (AvgIpc) is 2.47. The lowest BCUT2D eigenvalue weighted by atomic mass is 10.2. The highest BCUT2D eigenvalue weighted by molar-refractivity contribution is 7.91. The fourth-order valence-electron chi connectivity index (χ4n) is 1.94. The van der Waals surface area contributed by atoms with Crippen molar-refractivity contribution in [3.63, 3.8) is 0 Å². The fraction of sp³-hybridized carbons (Fsp3) is 0.200. The molecule has 3 nitrogen and oxygen atoms in total. The minimum Gasteiger partial charge on any atom is -0.497 e. The molecule has 0 radical (unpaired) electrons. The van der Waals surface area contributed by atoms with Crippen molar-refractivity contribution in [2.24, 2.45) is 0 Å². The summed E-state index contributed by atoms with van der Waals surface area (Å²) in [6, 6.07) is 13.5. The summed E-state index contributed by atoms with van der Waals surface area (Å²) in [5.74, 6) is 0.641. The van der Waals surface area contributed by atoms with E-state index in [1.54, 1.807) is 43.5 Å². The number of sulfone groups is 1. The van der Waals surface area contributed by atoms with E-state index in [2.05, 4.69) is 0 Å². The van der Waals surface area contributed by atoms with Crippen LogP contribution in [0.15, 0.2) is 58.3 Å². The van der Waals surface area contributed by atoms with Gasteiger partial charge >= 0.3 is 0 Å². The molecular weight excluding hydrogens is 260 g/mol. The van der Waals surface area contributed by atoms with Crippen LogP contribution < -0.4 is 4.74 Å². The SMILES string of the molecule is CCc1ccccc1S(=O)(=O)c1ccc(OC)cc1. The minimum absolute atomic E-state index is 0.286. The Kier molecular flexibility index (Phi) is 3.90. The van der Waals surface area contributed by atoms with Gasteiger partial charge in [-0.1, -0.05) is 25.1 Å². The first-order chi connectivity index (χ1) is 9.09. The van der Waals surface area contributed by atoms with Gasteiger partial charge in [-0.25, -0.2) is 8.42 Å². The maximum atomic E-state index is 12.6. The van der Waals surface area contributed by atoms with Crippen molar-refractivity contribution in [2.75, 3.05) is 7.11 Å². The van der Waals surface area contributed by atoms with E-state index < -0.39 is 9.84 Å². The first-order valence-corrected chi connectivity index (χ1v) is 7.55. The number of rotatable bonds is 4. The molecule has 0 atom stereocenters. The van der Waals surface area contributed by atoms with E-state index in [-0.39, 0.29) is 4.90 Å². The number of aryl methyl sites for hydroxylation is 1. The quantitative estimate of drug-likeness (QED) is 0.862. The van der Waals surface area contributed by atoms with Crippen LogP contribution in [0.25, 0.3) is 0 Å². The van der Waals surface area contributed by atoms with Gasteiger partial charge in [0.05, 0.1) is 16.9 Å². The van der Waals surface area contributed by atoms with Gasteiger partial charge in [0.1, 0.15) is 5.75 Å². The van der Waals surface area contributed by atoms with Crippen LogP contribution in [0.4, 0.5) is 0 Å². The number of benzene rings is 2. The summed E-state index contributed by atoms with van der Waals surface area (Å²) in [4.78, 5) is 0.664. The molecule has 0 saturated carbocycles. The van der Waals surface area contributed by atoms with E-state index >= 15 is 0 Å².